The molecular weight excluding hydrogens is 324 g/mol. The number of nitrogens with zero attached hydrogens (tertiary/aromatic N) is 5. The molecule has 26 heavy (non-hydrogen) atoms. The Bertz CT molecular complexity index is 926. The zero-order valence-electron chi connectivity index (χ0n) is 15.5. The number of aromatic nitrogens is 5. The van der Waals surface area contributed by atoms with Crippen LogP contribution in [0.4, 0.5) is 5.95 Å². The lowest BCUT2D eigenvalue weighted by Crippen LogP contribution is -2.22. The molecule has 1 fully saturated rings. The highest BCUT2D eigenvalue weighted by atomic mass is 15.1. The Kier molecular flexibility index (Phi) is 4.18. The van der Waals surface area contributed by atoms with Crippen LogP contribution < -0.4 is 5.32 Å². The first-order valence-electron chi connectivity index (χ1n) is 9.04. The van der Waals surface area contributed by atoms with Crippen molar-refractivity contribution in [2.45, 2.75) is 40.2 Å². The zero-order chi connectivity index (χ0) is 18.1. The molecule has 3 heterocycles. The molecule has 1 saturated carbocycles. The fraction of sp³-hybridized carbons (Fsp3) is 0.400. The van der Waals surface area contributed by atoms with Crippen molar-refractivity contribution in [3.63, 3.8) is 0 Å². The molecule has 3 aromatic heterocycles. The van der Waals surface area contributed by atoms with Gasteiger partial charge in [-0.15, -0.1) is 0 Å². The van der Waals surface area contributed by atoms with Crippen LogP contribution in [0.25, 0.3) is 11.3 Å². The fourth-order valence-electron chi connectivity index (χ4n) is 3.32. The van der Waals surface area contributed by atoms with Crippen LogP contribution in [0.15, 0.2) is 36.8 Å². The van der Waals surface area contributed by atoms with E-state index < -0.39 is 0 Å². The summed E-state index contributed by atoms with van der Waals surface area (Å²) in [5.74, 6) is 1.74. The topological polar surface area (TPSA) is 68.5 Å². The summed E-state index contributed by atoms with van der Waals surface area (Å²) in [6, 6.07) is 6.03. The summed E-state index contributed by atoms with van der Waals surface area (Å²) in [7, 11) is 0. The van der Waals surface area contributed by atoms with Crippen molar-refractivity contribution >= 4 is 5.95 Å². The zero-order valence-corrected chi connectivity index (χ0v) is 15.5. The average molecular weight is 348 g/mol. The van der Waals surface area contributed by atoms with Crippen molar-refractivity contribution in [3.05, 3.63) is 54.0 Å². The van der Waals surface area contributed by atoms with E-state index in [0.29, 0.717) is 5.95 Å². The molecule has 0 aliphatic heterocycles. The van der Waals surface area contributed by atoms with Gasteiger partial charge in [0.2, 0.25) is 5.95 Å². The van der Waals surface area contributed by atoms with E-state index in [2.05, 4.69) is 37.1 Å². The highest BCUT2D eigenvalue weighted by Gasteiger charge is 2.43. The number of pyridine rings is 1. The van der Waals surface area contributed by atoms with Crippen LogP contribution >= 0.6 is 0 Å². The van der Waals surface area contributed by atoms with Crippen molar-refractivity contribution in [3.8, 4) is 11.3 Å². The lowest BCUT2D eigenvalue weighted by molar-refractivity contribution is 0.438. The molecule has 0 saturated heterocycles. The highest BCUT2D eigenvalue weighted by molar-refractivity contribution is 5.62. The SMILES string of the molecule is Cc1ccc(-c2ccnc(NCC3(Cn4ccnc4C)CC3)n2)c(C)n1. The Morgan fingerprint density at radius 1 is 1.04 bits per heavy atom. The number of anilines is 1. The molecule has 0 spiro atoms. The molecule has 0 bridgehead atoms. The third-order valence-electron chi connectivity index (χ3n) is 5.16. The molecule has 0 radical (unpaired) electrons. The number of nitrogens with one attached hydrogen (secondary N) is 1. The van der Waals surface area contributed by atoms with Crippen molar-refractivity contribution < 1.29 is 0 Å². The minimum absolute atomic E-state index is 0.284. The fourth-order valence-corrected chi connectivity index (χ4v) is 3.32. The molecule has 0 amide bonds. The monoisotopic (exact) mass is 348 g/mol. The predicted molar refractivity (Wildman–Crippen MR) is 102 cm³/mol. The van der Waals surface area contributed by atoms with Crippen LogP contribution in [-0.4, -0.2) is 31.0 Å². The van der Waals surface area contributed by atoms with Crippen molar-refractivity contribution in [2.24, 2.45) is 5.41 Å². The van der Waals surface area contributed by atoms with Gasteiger partial charge >= 0.3 is 0 Å². The number of rotatable bonds is 6. The summed E-state index contributed by atoms with van der Waals surface area (Å²) < 4.78 is 2.23. The van der Waals surface area contributed by atoms with Gasteiger partial charge < -0.3 is 9.88 Å². The summed E-state index contributed by atoms with van der Waals surface area (Å²) in [6.07, 6.45) is 8.17. The first kappa shape index (κ1) is 16.7. The van der Waals surface area contributed by atoms with E-state index >= 15 is 0 Å². The molecule has 3 aromatic rings. The third-order valence-corrected chi connectivity index (χ3v) is 5.16. The van der Waals surface area contributed by atoms with Crippen molar-refractivity contribution in [1.29, 1.82) is 0 Å². The van der Waals surface area contributed by atoms with Gasteiger partial charge in [0, 0.05) is 54.0 Å². The first-order chi connectivity index (χ1) is 12.5. The molecule has 134 valence electrons. The van der Waals surface area contributed by atoms with E-state index in [-0.39, 0.29) is 5.41 Å². The maximum atomic E-state index is 4.70. The maximum absolute atomic E-state index is 4.70. The Balaban J connectivity index is 1.47. The molecule has 6 nitrogen and oxygen atoms in total. The summed E-state index contributed by atoms with van der Waals surface area (Å²) >= 11 is 0. The molecule has 1 aliphatic rings. The second kappa shape index (κ2) is 6.52. The van der Waals surface area contributed by atoms with Gasteiger partial charge in [-0.2, -0.15) is 0 Å². The molecule has 0 unspecified atom stereocenters. The average Bonchev–Trinajstić information content (AvgIpc) is 3.28. The van der Waals surface area contributed by atoms with Crippen LogP contribution in [0, 0.1) is 26.2 Å². The third kappa shape index (κ3) is 3.45. The minimum Gasteiger partial charge on any atom is -0.354 e. The van der Waals surface area contributed by atoms with Gasteiger partial charge in [-0.3, -0.25) is 4.98 Å². The molecule has 1 N–H and O–H groups in total. The van der Waals surface area contributed by atoms with Gasteiger partial charge in [-0.1, -0.05) is 0 Å². The van der Waals surface area contributed by atoms with Crippen molar-refractivity contribution in [1.82, 2.24) is 24.5 Å². The summed E-state index contributed by atoms with van der Waals surface area (Å²) in [4.78, 5) is 17.9. The Hall–Kier alpha value is -2.76. The number of hydrogen-bond donors (Lipinski definition) is 1. The largest absolute Gasteiger partial charge is 0.354 e. The van der Waals surface area contributed by atoms with Crippen LogP contribution in [0.1, 0.15) is 30.1 Å². The van der Waals surface area contributed by atoms with E-state index in [1.54, 1.807) is 0 Å². The Morgan fingerprint density at radius 3 is 2.58 bits per heavy atom. The van der Waals surface area contributed by atoms with E-state index in [1.807, 2.05) is 45.3 Å². The molecule has 0 aromatic carbocycles. The lowest BCUT2D eigenvalue weighted by Gasteiger charge is -2.18. The van der Waals surface area contributed by atoms with Gasteiger partial charge in [-0.05, 0) is 51.8 Å². The van der Waals surface area contributed by atoms with Crippen LogP contribution in [0.3, 0.4) is 0 Å². The number of aryl methyl sites for hydroxylation is 3. The van der Waals surface area contributed by atoms with Gasteiger partial charge in [0.15, 0.2) is 0 Å². The maximum Gasteiger partial charge on any atom is 0.223 e. The second-order valence-corrected chi connectivity index (χ2v) is 7.31. The Labute approximate surface area is 153 Å². The first-order valence-corrected chi connectivity index (χ1v) is 9.04. The van der Waals surface area contributed by atoms with E-state index in [1.165, 1.54) is 12.8 Å². The van der Waals surface area contributed by atoms with Gasteiger partial charge in [0.25, 0.3) is 0 Å². The van der Waals surface area contributed by atoms with Crippen molar-refractivity contribution in [2.75, 3.05) is 11.9 Å². The van der Waals surface area contributed by atoms with Gasteiger partial charge in [0.05, 0.1) is 5.69 Å². The van der Waals surface area contributed by atoms with Crippen LogP contribution in [0.5, 0.6) is 0 Å². The van der Waals surface area contributed by atoms with E-state index in [9.17, 15) is 0 Å². The summed E-state index contributed by atoms with van der Waals surface area (Å²) in [6.45, 7) is 7.94. The minimum atomic E-state index is 0.284. The standard InChI is InChI=1S/C20H24N6/c1-14-4-5-17(15(2)24-14)18-6-9-22-19(25-18)23-12-20(7-8-20)13-26-11-10-21-16(26)3/h4-6,9-11H,7-8,12-13H2,1-3H3,(H,22,23,25). The summed E-state index contributed by atoms with van der Waals surface area (Å²) in [5.41, 5.74) is 4.25. The van der Waals surface area contributed by atoms with Crippen LogP contribution in [-0.2, 0) is 6.54 Å². The predicted octanol–water partition coefficient (Wildman–Crippen LogP) is 3.55. The highest BCUT2D eigenvalue weighted by Crippen LogP contribution is 2.47. The van der Waals surface area contributed by atoms with Gasteiger partial charge in [-0.25, -0.2) is 15.0 Å². The molecule has 6 heteroatoms. The summed E-state index contributed by atoms with van der Waals surface area (Å²) in [5, 5.41) is 3.44. The normalized spacial score (nSPS) is 15.0. The quantitative estimate of drug-likeness (QED) is 0.738. The number of hydrogen-bond acceptors (Lipinski definition) is 5. The lowest BCUT2D eigenvalue weighted by atomic mass is 10.1. The van der Waals surface area contributed by atoms with Gasteiger partial charge in [0.1, 0.15) is 5.82 Å². The van der Waals surface area contributed by atoms with E-state index in [0.717, 1.165) is 41.6 Å². The smallest absolute Gasteiger partial charge is 0.223 e. The number of imidazole rings is 1. The van der Waals surface area contributed by atoms with E-state index in [4.69, 9.17) is 4.98 Å². The molecule has 1 aliphatic carbocycles. The molecule has 0 atom stereocenters. The molecule has 4 rings (SSSR count). The van der Waals surface area contributed by atoms with Crippen LogP contribution in [0.2, 0.25) is 0 Å². The Morgan fingerprint density at radius 2 is 1.88 bits per heavy atom. The molecular formula is C20H24N6. The second-order valence-electron chi connectivity index (χ2n) is 7.31.